The van der Waals surface area contributed by atoms with Crippen LogP contribution in [0.2, 0.25) is 5.02 Å². The molecule has 1 atom stereocenters. The molecular formula is C13H13ClN2O4. The summed E-state index contributed by atoms with van der Waals surface area (Å²) in [4.78, 5) is 36.4. The molecule has 6 nitrogen and oxygen atoms in total. The van der Waals surface area contributed by atoms with Crippen LogP contribution in [0.3, 0.4) is 0 Å². The number of carbonyl (C=O) groups is 3. The van der Waals surface area contributed by atoms with Crippen molar-refractivity contribution in [2.24, 2.45) is 0 Å². The molecule has 1 saturated heterocycles. The molecule has 1 aromatic rings. The fourth-order valence-corrected chi connectivity index (χ4v) is 2.41. The van der Waals surface area contributed by atoms with Crippen LogP contribution in [0.4, 0.5) is 4.79 Å². The normalized spacial score (nSPS) is 21.9. The number of hydrogen-bond donors (Lipinski definition) is 1. The van der Waals surface area contributed by atoms with Crippen molar-refractivity contribution in [3.63, 3.8) is 0 Å². The van der Waals surface area contributed by atoms with E-state index in [1.165, 1.54) is 7.11 Å². The number of esters is 1. The lowest BCUT2D eigenvalue weighted by molar-refractivity contribution is -0.145. The summed E-state index contributed by atoms with van der Waals surface area (Å²) in [7, 11) is 1.19. The van der Waals surface area contributed by atoms with Gasteiger partial charge in [-0.2, -0.15) is 0 Å². The molecule has 3 amide bonds. The standard InChI is InChI=1S/C13H13ClN2O4/c1-13(8-5-3-4-6-9(8)14)11(18)16(12(19)15-13)7-10(17)20-2/h3-6H,7H2,1-2H3,(H,15,19)/t13-/m0/s1. The molecule has 0 radical (unpaired) electrons. The molecule has 0 saturated carbocycles. The van der Waals surface area contributed by atoms with Gasteiger partial charge >= 0.3 is 12.0 Å². The number of urea groups is 1. The average Bonchev–Trinajstić information content (AvgIpc) is 2.63. The number of carbonyl (C=O) groups excluding carboxylic acids is 3. The highest BCUT2D eigenvalue weighted by molar-refractivity contribution is 6.32. The number of nitrogens with one attached hydrogen (secondary N) is 1. The number of methoxy groups -OCH3 is 1. The van der Waals surface area contributed by atoms with Crippen LogP contribution < -0.4 is 5.32 Å². The van der Waals surface area contributed by atoms with E-state index in [0.29, 0.717) is 10.6 Å². The number of amides is 3. The summed E-state index contributed by atoms with van der Waals surface area (Å²) >= 11 is 6.07. The van der Waals surface area contributed by atoms with Gasteiger partial charge in [0, 0.05) is 10.6 Å². The summed E-state index contributed by atoms with van der Waals surface area (Å²) in [6.45, 7) is 1.12. The van der Waals surface area contributed by atoms with Crippen molar-refractivity contribution in [2.75, 3.05) is 13.7 Å². The Morgan fingerprint density at radius 1 is 1.40 bits per heavy atom. The molecule has 1 aliphatic rings. The van der Waals surface area contributed by atoms with Crippen molar-refractivity contribution in [1.29, 1.82) is 0 Å². The van der Waals surface area contributed by atoms with Crippen molar-refractivity contribution in [2.45, 2.75) is 12.5 Å². The van der Waals surface area contributed by atoms with E-state index >= 15 is 0 Å². The molecular weight excluding hydrogens is 284 g/mol. The summed E-state index contributed by atoms with van der Waals surface area (Å²) in [5, 5.41) is 2.93. The van der Waals surface area contributed by atoms with Gasteiger partial charge in [-0.15, -0.1) is 0 Å². The maximum atomic E-state index is 12.4. The van der Waals surface area contributed by atoms with E-state index in [4.69, 9.17) is 11.6 Å². The predicted molar refractivity (Wildman–Crippen MR) is 71.1 cm³/mol. The zero-order chi connectivity index (χ0) is 14.9. The lowest BCUT2D eigenvalue weighted by Gasteiger charge is -2.23. The molecule has 0 aromatic heterocycles. The molecule has 1 heterocycles. The Bertz CT molecular complexity index is 589. The topological polar surface area (TPSA) is 75.7 Å². The number of rotatable bonds is 3. The van der Waals surface area contributed by atoms with E-state index in [-0.39, 0.29) is 0 Å². The second-order valence-corrected chi connectivity index (χ2v) is 4.91. The van der Waals surface area contributed by atoms with Gasteiger partial charge in [-0.05, 0) is 13.0 Å². The van der Waals surface area contributed by atoms with Crippen molar-refractivity contribution in [3.8, 4) is 0 Å². The minimum absolute atomic E-state index is 0.364. The number of hydrogen-bond acceptors (Lipinski definition) is 4. The molecule has 0 unspecified atom stereocenters. The van der Waals surface area contributed by atoms with Crippen LogP contribution in [0.25, 0.3) is 0 Å². The van der Waals surface area contributed by atoms with Gasteiger partial charge in [-0.1, -0.05) is 29.8 Å². The van der Waals surface area contributed by atoms with E-state index in [1.54, 1.807) is 31.2 Å². The van der Waals surface area contributed by atoms with E-state index in [1.807, 2.05) is 0 Å². The molecule has 0 bridgehead atoms. The Balaban J connectivity index is 2.36. The van der Waals surface area contributed by atoms with Crippen molar-refractivity contribution < 1.29 is 19.1 Å². The quantitative estimate of drug-likeness (QED) is 0.673. The third kappa shape index (κ3) is 2.22. The van der Waals surface area contributed by atoms with Crippen LogP contribution in [0.1, 0.15) is 12.5 Å². The van der Waals surface area contributed by atoms with E-state index in [2.05, 4.69) is 10.1 Å². The van der Waals surface area contributed by atoms with Gasteiger partial charge in [0.1, 0.15) is 12.1 Å². The van der Waals surface area contributed by atoms with E-state index in [0.717, 1.165) is 4.90 Å². The van der Waals surface area contributed by atoms with Crippen molar-refractivity contribution >= 4 is 29.5 Å². The molecule has 20 heavy (non-hydrogen) atoms. The van der Waals surface area contributed by atoms with Gasteiger partial charge in [-0.3, -0.25) is 14.5 Å². The summed E-state index contributed by atoms with van der Waals surface area (Å²) in [6.07, 6.45) is 0. The van der Waals surface area contributed by atoms with Crippen LogP contribution >= 0.6 is 11.6 Å². The smallest absolute Gasteiger partial charge is 0.325 e. The predicted octanol–water partition coefficient (Wildman–Crippen LogP) is 1.28. The number of imide groups is 1. The van der Waals surface area contributed by atoms with Crippen molar-refractivity contribution in [3.05, 3.63) is 34.9 Å². The molecule has 0 aliphatic carbocycles. The molecule has 2 rings (SSSR count). The van der Waals surface area contributed by atoms with E-state index < -0.39 is 30.0 Å². The summed E-state index contributed by atoms with van der Waals surface area (Å²) < 4.78 is 4.47. The van der Waals surface area contributed by atoms with Gasteiger partial charge in [0.25, 0.3) is 5.91 Å². The number of ether oxygens (including phenoxy) is 1. The maximum Gasteiger partial charge on any atom is 0.325 e. The van der Waals surface area contributed by atoms with Gasteiger partial charge < -0.3 is 10.1 Å². The Hall–Kier alpha value is -2.08. The van der Waals surface area contributed by atoms with Gasteiger partial charge in [0.2, 0.25) is 0 Å². The van der Waals surface area contributed by atoms with Crippen LogP contribution in [-0.2, 0) is 19.9 Å². The highest BCUT2D eigenvalue weighted by Gasteiger charge is 2.50. The summed E-state index contributed by atoms with van der Waals surface area (Å²) in [6, 6.07) is 6.08. The highest BCUT2D eigenvalue weighted by atomic mass is 35.5. The third-order valence-corrected chi connectivity index (χ3v) is 3.53. The summed E-state index contributed by atoms with van der Waals surface area (Å²) in [5.41, 5.74) is -0.809. The first-order valence-corrected chi connectivity index (χ1v) is 6.24. The van der Waals surface area contributed by atoms with Crippen LogP contribution in [0.15, 0.2) is 24.3 Å². The minimum Gasteiger partial charge on any atom is -0.468 e. The van der Waals surface area contributed by atoms with Gasteiger partial charge in [0.15, 0.2) is 0 Å². The monoisotopic (exact) mass is 296 g/mol. The first-order valence-electron chi connectivity index (χ1n) is 5.86. The molecule has 0 spiro atoms. The Morgan fingerprint density at radius 2 is 2.05 bits per heavy atom. The summed E-state index contributed by atoms with van der Waals surface area (Å²) in [5.74, 6) is -1.21. The number of nitrogens with zero attached hydrogens (tertiary/aromatic N) is 1. The van der Waals surface area contributed by atoms with Crippen LogP contribution in [0.5, 0.6) is 0 Å². The second kappa shape index (κ2) is 5.13. The molecule has 106 valence electrons. The SMILES string of the molecule is COC(=O)CN1C(=O)N[C@@](C)(c2ccccc2Cl)C1=O. The molecule has 7 heteroatoms. The zero-order valence-corrected chi connectivity index (χ0v) is 11.7. The number of halogens is 1. The first kappa shape index (κ1) is 14.3. The molecule has 1 N–H and O–H groups in total. The van der Waals surface area contributed by atoms with Crippen LogP contribution in [0, 0.1) is 0 Å². The molecule has 1 aliphatic heterocycles. The highest BCUT2D eigenvalue weighted by Crippen LogP contribution is 2.33. The Morgan fingerprint density at radius 3 is 2.65 bits per heavy atom. The fourth-order valence-electron chi connectivity index (χ4n) is 2.08. The van der Waals surface area contributed by atoms with E-state index in [9.17, 15) is 14.4 Å². The third-order valence-electron chi connectivity index (χ3n) is 3.20. The molecule has 1 fully saturated rings. The van der Waals surface area contributed by atoms with Crippen molar-refractivity contribution in [1.82, 2.24) is 10.2 Å². The van der Waals surface area contributed by atoms with Gasteiger partial charge in [0.05, 0.1) is 7.11 Å². The van der Waals surface area contributed by atoms with Gasteiger partial charge in [-0.25, -0.2) is 4.79 Å². The molecule has 1 aromatic carbocycles. The maximum absolute atomic E-state index is 12.4. The average molecular weight is 297 g/mol. The Labute approximate surface area is 120 Å². The number of benzene rings is 1. The lowest BCUT2D eigenvalue weighted by atomic mass is 9.92. The second-order valence-electron chi connectivity index (χ2n) is 4.50. The largest absolute Gasteiger partial charge is 0.468 e. The lowest BCUT2D eigenvalue weighted by Crippen LogP contribution is -2.41. The first-order chi connectivity index (χ1) is 9.40. The zero-order valence-electron chi connectivity index (χ0n) is 11.0. The van der Waals surface area contributed by atoms with Crippen LogP contribution in [-0.4, -0.2) is 36.5 Å². The minimum atomic E-state index is -1.29. The Kier molecular flexibility index (Phi) is 3.67. The fraction of sp³-hybridized carbons (Fsp3) is 0.308.